The molecule has 1 aromatic rings. The summed E-state index contributed by atoms with van der Waals surface area (Å²) >= 11 is 0. The number of nitro groups is 1. The summed E-state index contributed by atoms with van der Waals surface area (Å²) in [7, 11) is 0. The summed E-state index contributed by atoms with van der Waals surface area (Å²) in [5.41, 5.74) is 2.27. The Balaban J connectivity index is 2.23. The van der Waals surface area contributed by atoms with E-state index in [2.05, 4.69) is 16.1 Å². The van der Waals surface area contributed by atoms with Gasteiger partial charge in [-0.2, -0.15) is 0 Å². The zero-order chi connectivity index (χ0) is 14.7. The van der Waals surface area contributed by atoms with Crippen LogP contribution in [0.25, 0.3) is 0 Å². The zero-order valence-corrected chi connectivity index (χ0v) is 10.4. The van der Waals surface area contributed by atoms with E-state index in [1.54, 1.807) is 0 Å². The molecule has 106 valence electrons. The van der Waals surface area contributed by atoms with Gasteiger partial charge in [0.05, 0.1) is 11.0 Å². The highest BCUT2D eigenvalue weighted by molar-refractivity contribution is 5.99. The SMILES string of the molecule is NNc1ccc([N+](=O)[O-])c(C(=O)NC2CNC(=O)C2)c1. The van der Waals surface area contributed by atoms with Crippen molar-refractivity contribution in [2.75, 3.05) is 12.0 Å². The summed E-state index contributed by atoms with van der Waals surface area (Å²) in [6.07, 6.45) is 0.161. The molecule has 1 aromatic carbocycles. The van der Waals surface area contributed by atoms with Crippen molar-refractivity contribution in [3.8, 4) is 0 Å². The molecule has 20 heavy (non-hydrogen) atoms. The quantitative estimate of drug-likeness (QED) is 0.333. The second kappa shape index (κ2) is 5.53. The van der Waals surface area contributed by atoms with Crippen molar-refractivity contribution in [3.05, 3.63) is 33.9 Å². The number of rotatable bonds is 4. The third-order valence-electron chi connectivity index (χ3n) is 2.92. The van der Waals surface area contributed by atoms with E-state index in [1.807, 2.05) is 0 Å². The predicted octanol–water partition coefficient (Wildman–Crippen LogP) is -0.501. The van der Waals surface area contributed by atoms with Crippen LogP contribution in [0.3, 0.4) is 0 Å². The lowest BCUT2D eigenvalue weighted by molar-refractivity contribution is -0.385. The molecule has 2 amide bonds. The standard InChI is InChI=1S/C11H13N5O4/c12-15-6-1-2-9(16(19)20)8(3-6)11(18)14-7-4-10(17)13-5-7/h1-3,7,15H,4-5,12H2,(H,13,17)(H,14,18). The fourth-order valence-corrected chi connectivity index (χ4v) is 1.94. The summed E-state index contributed by atoms with van der Waals surface area (Å²) in [4.78, 5) is 33.4. The number of carbonyl (C=O) groups is 2. The Kier molecular flexibility index (Phi) is 3.80. The van der Waals surface area contributed by atoms with Crippen LogP contribution in [0.1, 0.15) is 16.8 Å². The molecule has 1 aliphatic heterocycles. The molecule has 0 spiro atoms. The normalized spacial score (nSPS) is 17.4. The molecule has 1 fully saturated rings. The maximum Gasteiger partial charge on any atom is 0.282 e. The number of nitrogens with zero attached hydrogens (tertiary/aromatic N) is 1. The second-order valence-corrected chi connectivity index (χ2v) is 4.31. The average Bonchev–Trinajstić information content (AvgIpc) is 2.83. The molecular formula is C11H13N5O4. The maximum absolute atomic E-state index is 12.1. The Morgan fingerprint density at radius 2 is 2.25 bits per heavy atom. The molecule has 9 nitrogen and oxygen atoms in total. The van der Waals surface area contributed by atoms with Crippen LogP contribution in [0.4, 0.5) is 11.4 Å². The van der Waals surface area contributed by atoms with Crippen molar-refractivity contribution < 1.29 is 14.5 Å². The summed E-state index contributed by atoms with van der Waals surface area (Å²) in [5, 5.41) is 16.1. The number of nitrogen functional groups attached to an aromatic ring is 1. The Hall–Kier alpha value is -2.68. The summed E-state index contributed by atoms with van der Waals surface area (Å²) < 4.78 is 0. The van der Waals surface area contributed by atoms with Gasteiger partial charge >= 0.3 is 0 Å². The van der Waals surface area contributed by atoms with Crippen LogP contribution in [-0.4, -0.2) is 29.3 Å². The minimum Gasteiger partial charge on any atom is -0.354 e. The van der Waals surface area contributed by atoms with E-state index >= 15 is 0 Å². The number of carbonyl (C=O) groups excluding carboxylic acids is 2. The average molecular weight is 279 g/mol. The Bertz CT molecular complexity index is 574. The van der Waals surface area contributed by atoms with Gasteiger partial charge in [0, 0.05) is 24.7 Å². The minimum absolute atomic E-state index is 0.107. The number of hydrogen-bond acceptors (Lipinski definition) is 6. The Morgan fingerprint density at radius 3 is 2.80 bits per heavy atom. The van der Waals surface area contributed by atoms with Gasteiger partial charge in [-0.05, 0) is 12.1 Å². The molecule has 0 aliphatic carbocycles. The lowest BCUT2D eigenvalue weighted by Crippen LogP contribution is -2.36. The van der Waals surface area contributed by atoms with E-state index in [9.17, 15) is 19.7 Å². The van der Waals surface area contributed by atoms with Gasteiger partial charge in [0.15, 0.2) is 0 Å². The number of hydrogen-bond donors (Lipinski definition) is 4. The summed E-state index contributed by atoms with van der Waals surface area (Å²) in [6.45, 7) is 0.313. The summed E-state index contributed by atoms with van der Waals surface area (Å²) in [5.74, 6) is 4.44. The van der Waals surface area contributed by atoms with Crippen LogP contribution in [0, 0.1) is 10.1 Å². The van der Waals surface area contributed by atoms with Crippen molar-refractivity contribution in [1.82, 2.24) is 10.6 Å². The highest BCUT2D eigenvalue weighted by atomic mass is 16.6. The van der Waals surface area contributed by atoms with Crippen LogP contribution < -0.4 is 21.9 Å². The molecule has 1 aliphatic rings. The van der Waals surface area contributed by atoms with Crippen molar-refractivity contribution in [3.63, 3.8) is 0 Å². The van der Waals surface area contributed by atoms with Gasteiger partial charge in [-0.25, -0.2) is 0 Å². The maximum atomic E-state index is 12.1. The molecule has 0 saturated carbocycles. The number of amides is 2. The van der Waals surface area contributed by atoms with Crippen LogP contribution >= 0.6 is 0 Å². The van der Waals surface area contributed by atoms with E-state index in [1.165, 1.54) is 18.2 Å². The van der Waals surface area contributed by atoms with Gasteiger partial charge in [0.1, 0.15) is 5.56 Å². The topological polar surface area (TPSA) is 139 Å². The van der Waals surface area contributed by atoms with E-state index in [0.29, 0.717) is 12.2 Å². The monoisotopic (exact) mass is 279 g/mol. The molecule has 0 radical (unpaired) electrons. The first-order valence-electron chi connectivity index (χ1n) is 5.84. The minimum atomic E-state index is -0.646. The van der Waals surface area contributed by atoms with Gasteiger partial charge in [0.25, 0.3) is 11.6 Å². The van der Waals surface area contributed by atoms with Gasteiger partial charge in [-0.1, -0.05) is 0 Å². The number of hydrazine groups is 1. The number of nitro benzene ring substituents is 1. The third kappa shape index (κ3) is 2.83. The van der Waals surface area contributed by atoms with E-state index < -0.39 is 10.8 Å². The van der Waals surface area contributed by atoms with Gasteiger partial charge in [-0.15, -0.1) is 0 Å². The van der Waals surface area contributed by atoms with Crippen molar-refractivity contribution in [2.24, 2.45) is 5.84 Å². The zero-order valence-electron chi connectivity index (χ0n) is 10.4. The molecule has 2 rings (SSSR count). The van der Waals surface area contributed by atoms with Crippen LogP contribution in [0.15, 0.2) is 18.2 Å². The highest BCUT2D eigenvalue weighted by Crippen LogP contribution is 2.22. The second-order valence-electron chi connectivity index (χ2n) is 4.31. The number of anilines is 1. The number of nitrogens with one attached hydrogen (secondary N) is 3. The molecule has 9 heteroatoms. The van der Waals surface area contributed by atoms with Crippen molar-refractivity contribution in [2.45, 2.75) is 12.5 Å². The number of nitrogens with two attached hydrogens (primary N) is 1. The molecule has 1 unspecified atom stereocenters. The number of benzene rings is 1. The predicted molar refractivity (Wildman–Crippen MR) is 69.8 cm³/mol. The Morgan fingerprint density at radius 1 is 1.50 bits per heavy atom. The van der Waals surface area contributed by atoms with Crippen molar-refractivity contribution >= 4 is 23.2 Å². The first kappa shape index (κ1) is 13.7. The lowest BCUT2D eigenvalue weighted by atomic mass is 10.1. The van der Waals surface area contributed by atoms with Crippen LogP contribution in [0.2, 0.25) is 0 Å². The fourth-order valence-electron chi connectivity index (χ4n) is 1.94. The van der Waals surface area contributed by atoms with Gasteiger partial charge < -0.3 is 16.1 Å². The van der Waals surface area contributed by atoms with Crippen LogP contribution in [0.5, 0.6) is 0 Å². The molecule has 0 aromatic heterocycles. The first-order chi connectivity index (χ1) is 9.51. The van der Waals surface area contributed by atoms with Crippen LogP contribution in [-0.2, 0) is 4.79 Å². The molecule has 1 saturated heterocycles. The third-order valence-corrected chi connectivity index (χ3v) is 2.92. The molecule has 0 bridgehead atoms. The van der Waals surface area contributed by atoms with Crippen molar-refractivity contribution in [1.29, 1.82) is 0 Å². The highest BCUT2D eigenvalue weighted by Gasteiger charge is 2.26. The van der Waals surface area contributed by atoms with Gasteiger partial charge in [-0.3, -0.25) is 25.5 Å². The largest absolute Gasteiger partial charge is 0.354 e. The molecule has 1 heterocycles. The lowest BCUT2D eigenvalue weighted by Gasteiger charge is -2.11. The van der Waals surface area contributed by atoms with E-state index in [0.717, 1.165) is 0 Å². The van der Waals surface area contributed by atoms with E-state index in [4.69, 9.17) is 5.84 Å². The smallest absolute Gasteiger partial charge is 0.282 e. The van der Waals surface area contributed by atoms with Gasteiger partial charge in [0.2, 0.25) is 5.91 Å². The molecule has 1 atom stereocenters. The summed E-state index contributed by atoms with van der Waals surface area (Å²) in [6, 6.07) is 3.51. The Labute approximate surface area is 113 Å². The first-order valence-corrected chi connectivity index (χ1v) is 5.84. The fraction of sp³-hybridized carbons (Fsp3) is 0.273. The van der Waals surface area contributed by atoms with E-state index in [-0.39, 0.29) is 29.6 Å². The molecular weight excluding hydrogens is 266 g/mol. The molecule has 5 N–H and O–H groups in total.